The van der Waals surface area contributed by atoms with E-state index in [9.17, 15) is 5.11 Å². The van der Waals surface area contributed by atoms with Crippen LogP contribution in [0.5, 0.6) is 5.75 Å². The van der Waals surface area contributed by atoms with E-state index in [1.807, 2.05) is 12.1 Å². The molecule has 0 aliphatic carbocycles. The first-order chi connectivity index (χ1) is 7.78. The Morgan fingerprint density at radius 2 is 2.06 bits per heavy atom. The largest absolute Gasteiger partial charge is 0.508 e. The van der Waals surface area contributed by atoms with Crippen molar-refractivity contribution in [3.05, 3.63) is 29.8 Å². The van der Waals surface area contributed by atoms with Gasteiger partial charge in [-0.15, -0.1) is 0 Å². The second kappa shape index (κ2) is 5.69. The van der Waals surface area contributed by atoms with Crippen LogP contribution in [-0.4, -0.2) is 28.4 Å². The van der Waals surface area contributed by atoms with Gasteiger partial charge in [-0.05, 0) is 43.0 Å². The maximum atomic E-state index is 9.22. The lowest BCUT2D eigenvalue weighted by Gasteiger charge is -2.31. The third kappa shape index (κ3) is 3.22. The van der Waals surface area contributed by atoms with Crippen LogP contribution in [0.25, 0.3) is 0 Å². The highest BCUT2D eigenvalue weighted by Crippen LogP contribution is 2.20. The maximum absolute atomic E-state index is 9.22. The molecule has 88 valence electrons. The van der Waals surface area contributed by atoms with Crippen LogP contribution in [0.15, 0.2) is 24.3 Å². The van der Waals surface area contributed by atoms with E-state index in [4.69, 9.17) is 0 Å². The van der Waals surface area contributed by atoms with Gasteiger partial charge in [0.25, 0.3) is 0 Å². The van der Waals surface area contributed by atoms with Crippen molar-refractivity contribution in [2.75, 3.05) is 18.4 Å². The minimum atomic E-state index is 0.348. The number of hydrogen-bond acceptors (Lipinski definition) is 2. The van der Waals surface area contributed by atoms with E-state index in [2.05, 4.69) is 20.8 Å². The van der Waals surface area contributed by atoms with Crippen molar-refractivity contribution in [3.8, 4) is 5.75 Å². The van der Waals surface area contributed by atoms with Crippen molar-refractivity contribution in [1.29, 1.82) is 0 Å². The summed E-state index contributed by atoms with van der Waals surface area (Å²) in [6, 6.07) is 7.54. The second-order valence-corrected chi connectivity index (χ2v) is 5.21. The quantitative estimate of drug-likeness (QED) is 0.862. The Bertz CT molecular complexity index is 325. The van der Waals surface area contributed by atoms with Crippen LogP contribution >= 0.6 is 15.9 Å². The van der Waals surface area contributed by atoms with Gasteiger partial charge in [-0.3, -0.25) is 4.90 Å². The Balaban J connectivity index is 1.91. The Labute approximate surface area is 105 Å². The highest BCUT2D eigenvalue weighted by molar-refractivity contribution is 9.09. The number of halogens is 1. The normalized spacial score (nSPS) is 22.2. The molecule has 0 bridgehead atoms. The van der Waals surface area contributed by atoms with E-state index in [0.29, 0.717) is 5.75 Å². The molecule has 16 heavy (non-hydrogen) atoms. The van der Waals surface area contributed by atoms with Crippen LogP contribution in [0.1, 0.15) is 18.4 Å². The van der Waals surface area contributed by atoms with Gasteiger partial charge in [0.15, 0.2) is 0 Å². The molecular formula is C13H18BrNO. The molecule has 3 heteroatoms. The molecule has 2 nitrogen and oxygen atoms in total. The third-order valence-corrected chi connectivity index (χ3v) is 4.08. The molecule has 0 amide bonds. The molecule has 1 heterocycles. The molecule has 1 N–H and O–H groups in total. The number of likely N-dealkylation sites (tertiary alicyclic amines) is 1. The zero-order chi connectivity index (χ0) is 11.4. The molecular weight excluding hydrogens is 266 g/mol. The predicted molar refractivity (Wildman–Crippen MR) is 69.9 cm³/mol. The minimum Gasteiger partial charge on any atom is -0.508 e. The van der Waals surface area contributed by atoms with E-state index >= 15 is 0 Å². The molecule has 2 rings (SSSR count). The second-order valence-electron chi connectivity index (χ2n) is 4.56. The van der Waals surface area contributed by atoms with Crippen molar-refractivity contribution in [2.45, 2.75) is 19.4 Å². The van der Waals surface area contributed by atoms with E-state index in [-0.39, 0.29) is 0 Å². The number of hydrogen-bond donors (Lipinski definition) is 1. The predicted octanol–water partition coefficient (Wildman–Crippen LogP) is 3.00. The summed E-state index contributed by atoms with van der Waals surface area (Å²) in [5.41, 5.74) is 1.29. The zero-order valence-corrected chi connectivity index (χ0v) is 11.0. The summed E-state index contributed by atoms with van der Waals surface area (Å²) < 4.78 is 0. The minimum absolute atomic E-state index is 0.348. The highest BCUT2D eigenvalue weighted by Gasteiger charge is 2.18. The number of phenols is 1. The Kier molecular flexibility index (Phi) is 4.24. The van der Waals surface area contributed by atoms with Gasteiger partial charge in [0.2, 0.25) is 0 Å². The number of piperidine rings is 1. The van der Waals surface area contributed by atoms with Gasteiger partial charge < -0.3 is 5.11 Å². The fraction of sp³-hybridized carbons (Fsp3) is 0.538. The summed E-state index contributed by atoms with van der Waals surface area (Å²) >= 11 is 3.57. The summed E-state index contributed by atoms with van der Waals surface area (Å²) in [5.74, 6) is 1.14. The molecule has 1 unspecified atom stereocenters. The third-order valence-electron chi connectivity index (χ3n) is 3.16. The molecule has 0 spiro atoms. The number of aromatic hydroxyl groups is 1. The Morgan fingerprint density at radius 3 is 2.75 bits per heavy atom. The number of benzene rings is 1. The molecule has 0 aromatic heterocycles. The van der Waals surface area contributed by atoms with Crippen LogP contribution < -0.4 is 0 Å². The van der Waals surface area contributed by atoms with Gasteiger partial charge in [-0.25, -0.2) is 0 Å². The summed E-state index contributed by atoms with van der Waals surface area (Å²) in [4.78, 5) is 2.50. The molecule has 1 atom stereocenters. The first-order valence-electron chi connectivity index (χ1n) is 5.84. The average molecular weight is 284 g/mol. The molecule has 1 saturated heterocycles. The summed E-state index contributed by atoms with van der Waals surface area (Å²) in [6.45, 7) is 3.39. The van der Waals surface area contributed by atoms with Crippen LogP contribution in [0, 0.1) is 5.92 Å². The molecule has 0 radical (unpaired) electrons. The first-order valence-corrected chi connectivity index (χ1v) is 6.96. The van der Waals surface area contributed by atoms with Gasteiger partial charge in [0, 0.05) is 18.4 Å². The number of nitrogens with zero attached hydrogens (tertiary/aromatic N) is 1. The fourth-order valence-corrected chi connectivity index (χ4v) is 2.81. The number of phenolic OH excluding ortho intramolecular Hbond substituents is 1. The van der Waals surface area contributed by atoms with E-state index in [1.165, 1.54) is 31.5 Å². The van der Waals surface area contributed by atoms with Crippen LogP contribution in [0.4, 0.5) is 0 Å². The Morgan fingerprint density at radius 1 is 1.31 bits per heavy atom. The van der Waals surface area contributed by atoms with Crippen molar-refractivity contribution < 1.29 is 5.11 Å². The lowest BCUT2D eigenvalue weighted by molar-refractivity contribution is 0.179. The van der Waals surface area contributed by atoms with Gasteiger partial charge >= 0.3 is 0 Å². The summed E-state index contributed by atoms with van der Waals surface area (Å²) in [7, 11) is 0. The van der Waals surface area contributed by atoms with Crippen LogP contribution in [-0.2, 0) is 6.54 Å². The fourth-order valence-electron chi connectivity index (χ4n) is 2.28. The maximum Gasteiger partial charge on any atom is 0.115 e. The average Bonchev–Trinajstić information content (AvgIpc) is 2.32. The SMILES string of the molecule is Oc1ccc(CN2CCCC(CBr)C2)cc1. The van der Waals surface area contributed by atoms with E-state index in [1.54, 1.807) is 12.1 Å². The molecule has 0 saturated carbocycles. The zero-order valence-electron chi connectivity index (χ0n) is 9.40. The van der Waals surface area contributed by atoms with Crippen LogP contribution in [0.3, 0.4) is 0 Å². The topological polar surface area (TPSA) is 23.5 Å². The van der Waals surface area contributed by atoms with Gasteiger partial charge in [0.05, 0.1) is 0 Å². The van der Waals surface area contributed by atoms with E-state index < -0.39 is 0 Å². The lowest BCUT2D eigenvalue weighted by atomic mass is 10.00. The number of rotatable bonds is 3. The van der Waals surface area contributed by atoms with Gasteiger partial charge in [-0.1, -0.05) is 28.1 Å². The number of alkyl halides is 1. The Hall–Kier alpha value is -0.540. The standard InChI is InChI=1S/C13H18BrNO/c14-8-12-2-1-7-15(10-12)9-11-3-5-13(16)6-4-11/h3-6,12,16H,1-2,7-10H2. The van der Waals surface area contributed by atoms with Gasteiger partial charge in [-0.2, -0.15) is 0 Å². The molecule has 1 aromatic rings. The van der Waals surface area contributed by atoms with Gasteiger partial charge in [0.1, 0.15) is 5.75 Å². The monoisotopic (exact) mass is 283 g/mol. The first kappa shape index (κ1) is 11.9. The lowest BCUT2D eigenvalue weighted by Crippen LogP contribution is -2.35. The molecule has 1 aromatic carbocycles. The van der Waals surface area contributed by atoms with Crippen molar-refractivity contribution >= 4 is 15.9 Å². The molecule has 1 aliphatic rings. The summed E-state index contributed by atoms with van der Waals surface area (Å²) in [5, 5.41) is 10.3. The highest BCUT2D eigenvalue weighted by atomic mass is 79.9. The van der Waals surface area contributed by atoms with E-state index in [0.717, 1.165) is 17.8 Å². The van der Waals surface area contributed by atoms with Crippen molar-refractivity contribution in [2.24, 2.45) is 5.92 Å². The van der Waals surface area contributed by atoms with Crippen molar-refractivity contribution in [3.63, 3.8) is 0 Å². The molecule has 1 fully saturated rings. The summed E-state index contributed by atoms with van der Waals surface area (Å²) in [6.07, 6.45) is 2.64. The molecule has 1 aliphatic heterocycles. The smallest absolute Gasteiger partial charge is 0.115 e. The van der Waals surface area contributed by atoms with Crippen LogP contribution in [0.2, 0.25) is 0 Å². The van der Waals surface area contributed by atoms with Crippen molar-refractivity contribution in [1.82, 2.24) is 4.90 Å².